The first kappa shape index (κ1) is 33.2. The molecule has 0 aliphatic rings. The van der Waals surface area contributed by atoms with Gasteiger partial charge in [0.05, 0.1) is 12.2 Å². The van der Waals surface area contributed by atoms with E-state index in [0.29, 0.717) is 18.6 Å². The van der Waals surface area contributed by atoms with Crippen LogP contribution in [0.4, 0.5) is 0 Å². The zero-order valence-electron chi connectivity index (χ0n) is 24.2. The Morgan fingerprint density at radius 1 is 0.649 bits per heavy atom. The summed E-state index contributed by atoms with van der Waals surface area (Å²) in [6, 6.07) is 9.21. The van der Waals surface area contributed by atoms with Gasteiger partial charge in [0.15, 0.2) is 0 Å². The Kier molecular flexibility index (Phi) is 22.0. The Balaban J connectivity index is 1.78. The van der Waals surface area contributed by atoms with E-state index in [1.807, 2.05) is 18.2 Å². The molecular formula is C33H56O4. The number of rotatable bonds is 25. The highest BCUT2D eigenvalue weighted by Crippen LogP contribution is 2.15. The third-order valence-electron chi connectivity index (χ3n) is 7.15. The molecule has 0 unspecified atom stereocenters. The molecule has 1 aromatic carbocycles. The van der Waals surface area contributed by atoms with Crippen molar-refractivity contribution in [3.05, 3.63) is 35.9 Å². The minimum absolute atomic E-state index is 0.00712. The maximum Gasteiger partial charge on any atom is 0.338 e. The lowest BCUT2D eigenvalue weighted by atomic mass is 10.0. The fourth-order valence-electron chi connectivity index (χ4n) is 4.71. The molecular weight excluding hydrogens is 460 g/mol. The van der Waals surface area contributed by atoms with Gasteiger partial charge in [-0.05, 0) is 44.2 Å². The Morgan fingerprint density at radius 3 is 1.68 bits per heavy atom. The SMILES string of the molecule is CCCCC[C@H](CC)OC(=O)CCCCCCCCCCCCCCCCCOC(=O)c1ccccc1. The van der Waals surface area contributed by atoms with Gasteiger partial charge in [-0.2, -0.15) is 0 Å². The van der Waals surface area contributed by atoms with Gasteiger partial charge in [0.1, 0.15) is 6.10 Å². The highest BCUT2D eigenvalue weighted by atomic mass is 16.5. The van der Waals surface area contributed by atoms with Crippen molar-refractivity contribution in [1.82, 2.24) is 0 Å². The van der Waals surface area contributed by atoms with Crippen molar-refractivity contribution in [1.29, 1.82) is 0 Å². The topological polar surface area (TPSA) is 52.6 Å². The van der Waals surface area contributed by atoms with E-state index in [2.05, 4.69) is 13.8 Å². The standard InChI is InChI=1S/C33H56O4/c1-3-5-20-27-31(4-2)37-32(34)28-23-17-15-13-11-9-7-6-8-10-12-14-16-18-24-29-36-33(35)30-25-21-19-22-26-30/h19,21-22,25-26,31H,3-18,20,23-24,27-29H2,1-2H3/t31-/m0/s1. The molecule has 1 aromatic rings. The zero-order valence-corrected chi connectivity index (χ0v) is 24.2. The Hall–Kier alpha value is -1.84. The van der Waals surface area contributed by atoms with Crippen molar-refractivity contribution in [2.24, 2.45) is 0 Å². The molecule has 0 aromatic heterocycles. The van der Waals surface area contributed by atoms with Crippen LogP contribution in [0.2, 0.25) is 0 Å². The van der Waals surface area contributed by atoms with E-state index in [1.54, 1.807) is 12.1 Å². The number of carbonyl (C=O) groups is 2. The summed E-state index contributed by atoms with van der Waals surface area (Å²) in [4.78, 5) is 23.9. The Bertz CT molecular complexity index is 658. The van der Waals surface area contributed by atoms with Gasteiger partial charge in [0, 0.05) is 6.42 Å². The molecule has 0 aliphatic heterocycles. The fourth-order valence-corrected chi connectivity index (χ4v) is 4.71. The summed E-state index contributed by atoms with van der Waals surface area (Å²) in [6.45, 7) is 4.85. The van der Waals surface area contributed by atoms with Gasteiger partial charge >= 0.3 is 11.9 Å². The van der Waals surface area contributed by atoms with Crippen molar-refractivity contribution in [2.75, 3.05) is 6.61 Å². The van der Waals surface area contributed by atoms with Crippen molar-refractivity contribution in [2.45, 2.75) is 155 Å². The van der Waals surface area contributed by atoms with Crippen LogP contribution in [-0.2, 0) is 14.3 Å². The molecule has 0 heterocycles. The highest BCUT2D eigenvalue weighted by molar-refractivity contribution is 5.89. The first-order chi connectivity index (χ1) is 18.2. The molecule has 0 radical (unpaired) electrons. The average molecular weight is 517 g/mol. The van der Waals surface area contributed by atoms with E-state index in [4.69, 9.17) is 9.47 Å². The first-order valence-corrected chi connectivity index (χ1v) is 15.6. The van der Waals surface area contributed by atoms with Crippen LogP contribution >= 0.6 is 0 Å². The maximum atomic E-state index is 12.0. The van der Waals surface area contributed by atoms with E-state index in [9.17, 15) is 9.59 Å². The molecule has 0 spiro atoms. The number of unbranched alkanes of at least 4 members (excludes halogenated alkanes) is 16. The van der Waals surface area contributed by atoms with Gasteiger partial charge in [0.25, 0.3) is 0 Å². The van der Waals surface area contributed by atoms with Gasteiger partial charge in [0.2, 0.25) is 0 Å². The predicted molar refractivity (Wildman–Crippen MR) is 155 cm³/mol. The second-order valence-electron chi connectivity index (χ2n) is 10.6. The summed E-state index contributed by atoms with van der Waals surface area (Å²) in [7, 11) is 0. The number of hydrogen-bond donors (Lipinski definition) is 0. The first-order valence-electron chi connectivity index (χ1n) is 15.6. The van der Waals surface area contributed by atoms with Crippen molar-refractivity contribution >= 4 is 11.9 Å². The van der Waals surface area contributed by atoms with Crippen LogP contribution in [0.15, 0.2) is 30.3 Å². The number of esters is 2. The summed E-state index contributed by atoms with van der Waals surface area (Å²) in [6.07, 6.45) is 25.0. The second-order valence-corrected chi connectivity index (χ2v) is 10.6. The molecule has 0 bridgehead atoms. The molecule has 0 fully saturated rings. The summed E-state index contributed by atoms with van der Waals surface area (Å²) in [5.41, 5.74) is 0.634. The molecule has 0 amide bonds. The largest absolute Gasteiger partial charge is 0.462 e. The summed E-state index contributed by atoms with van der Waals surface area (Å²) < 4.78 is 11.0. The average Bonchev–Trinajstić information content (AvgIpc) is 2.92. The van der Waals surface area contributed by atoms with Crippen LogP contribution in [-0.4, -0.2) is 24.6 Å². The van der Waals surface area contributed by atoms with Crippen LogP contribution in [0.25, 0.3) is 0 Å². The van der Waals surface area contributed by atoms with E-state index < -0.39 is 0 Å². The molecule has 4 heteroatoms. The molecule has 1 atom stereocenters. The number of benzene rings is 1. The summed E-state index contributed by atoms with van der Waals surface area (Å²) in [5, 5.41) is 0. The lowest BCUT2D eigenvalue weighted by Crippen LogP contribution is -2.17. The van der Waals surface area contributed by atoms with Crippen LogP contribution in [0, 0.1) is 0 Å². The van der Waals surface area contributed by atoms with Crippen molar-refractivity contribution in [3.8, 4) is 0 Å². The zero-order chi connectivity index (χ0) is 26.8. The molecule has 0 saturated heterocycles. The van der Waals surface area contributed by atoms with Crippen molar-refractivity contribution in [3.63, 3.8) is 0 Å². The molecule has 212 valence electrons. The van der Waals surface area contributed by atoms with Gasteiger partial charge in [-0.1, -0.05) is 128 Å². The van der Waals surface area contributed by atoms with Crippen LogP contribution in [0.3, 0.4) is 0 Å². The lowest BCUT2D eigenvalue weighted by molar-refractivity contribution is -0.149. The third-order valence-corrected chi connectivity index (χ3v) is 7.15. The van der Waals surface area contributed by atoms with Gasteiger partial charge < -0.3 is 9.47 Å². The molecule has 0 N–H and O–H groups in total. The molecule has 37 heavy (non-hydrogen) atoms. The quantitative estimate of drug-likeness (QED) is 0.0958. The molecule has 4 nitrogen and oxygen atoms in total. The van der Waals surface area contributed by atoms with Crippen LogP contribution in [0.5, 0.6) is 0 Å². The van der Waals surface area contributed by atoms with E-state index in [0.717, 1.165) is 38.5 Å². The minimum Gasteiger partial charge on any atom is -0.462 e. The Morgan fingerprint density at radius 2 is 1.16 bits per heavy atom. The number of carbonyl (C=O) groups excluding carboxylic acids is 2. The third kappa shape index (κ3) is 19.9. The van der Waals surface area contributed by atoms with Crippen LogP contribution < -0.4 is 0 Å². The fraction of sp³-hybridized carbons (Fsp3) is 0.758. The smallest absolute Gasteiger partial charge is 0.338 e. The highest BCUT2D eigenvalue weighted by Gasteiger charge is 2.12. The molecule has 0 aliphatic carbocycles. The summed E-state index contributed by atoms with van der Waals surface area (Å²) in [5.74, 6) is -0.205. The summed E-state index contributed by atoms with van der Waals surface area (Å²) >= 11 is 0. The maximum absolute atomic E-state index is 12.0. The normalized spacial score (nSPS) is 11.8. The molecule has 0 saturated carbocycles. The predicted octanol–water partition coefficient (Wildman–Crippen LogP) is 9.99. The lowest BCUT2D eigenvalue weighted by Gasteiger charge is -2.16. The van der Waals surface area contributed by atoms with Gasteiger partial charge in [-0.3, -0.25) is 4.79 Å². The van der Waals surface area contributed by atoms with E-state index >= 15 is 0 Å². The Labute approximate surface area is 228 Å². The number of ether oxygens (including phenoxy) is 2. The number of hydrogen-bond acceptors (Lipinski definition) is 4. The van der Waals surface area contributed by atoms with Gasteiger partial charge in [-0.25, -0.2) is 4.79 Å². The van der Waals surface area contributed by atoms with Gasteiger partial charge in [-0.15, -0.1) is 0 Å². The van der Waals surface area contributed by atoms with E-state index in [1.165, 1.54) is 89.9 Å². The second kappa shape index (κ2) is 24.5. The van der Waals surface area contributed by atoms with E-state index in [-0.39, 0.29) is 18.0 Å². The molecule has 1 rings (SSSR count). The van der Waals surface area contributed by atoms with Crippen LogP contribution in [0.1, 0.15) is 159 Å². The monoisotopic (exact) mass is 516 g/mol. The minimum atomic E-state index is -0.212. The van der Waals surface area contributed by atoms with Crippen molar-refractivity contribution < 1.29 is 19.1 Å².